The maximum atomic E-state index is 12.2. The Kier molecular flexibility index (Phi) is 4.97. The Morgan fingerprint density at radius 1 is 1.43 bits per heavy atom. The van der Waals surface area contributed by atoms with E-state index in [1.54, 1.807) is 25.1 Å². The fourth-order valence-corrected chi connectivity index (χ4v) is 3.15. The van der Waals surface area contributed by atoms with Gasteiger partial charge in [-0.15, -0.1) is 11.3 Å². The second-order valence-electron chi connectivity index (χ2n) is 4.07. The van der Waals surface area contributed by atoms with E-state index < -0.39 is 11.0 Å². The summed E-state index contributed by atoms with van der Waals surface area (Å²) >= 11 is 10.1. The third kappa shape index (κ3) is 3.61. The average Bonchev–Trinajstić information content (AvgIpc) is 2.86. The first-order chi connectivity index (χ1) is 9.90. The van der Waals surface area contributed by atoms with E-state index in [0.29, 0.717) is 13.7 Å². The summed E-state index contributed by atoms with van der Waals surface area (Å²) in [5.74, 6) is -0.247. The summed E-state index contributed by atoms with van der Waals surface area (Å²) in [5, 5.41) is 11.0. The number of nitro benzene ring substituents is 1. The minimum Gasteiger partial charge on any atom is -0.475 e. The largest absolute Gasteiger partial charge is 0.475 e. The van der Waals surface area contributed by atoms with Crippen LogP contribution < -0.4 is 4.74 Å². The van der Waals surface area contributed by atoms with Crippen LogP contribution in [0, 0.1) is 10.1 Å². The fourth-order valence-electron chi connectivity index (χ4n) is 1.64. The Morgan fingerprint density at radius 2 is 2.14 bits per heavy atom. The molecule has 1 aromatic carbocycles. The molecule has 0 fully saturated rings. The zero-order valence-corrected chi connectivity index (χ0v) is 13.9. The third-order valence-electron chi connectivity index (χ3n) is 2.62. The summed E-state index contributed by atoms with van der Waals surface area (Å²) < 4.78 is 6.40. The van der Waals surface area contributed by atoms with Crippen molar-refractivity contribution < 1.29 is 14.5 Å². The molecule has 2 aromatic rings. The molecule has 0 saturated carbocycles. The summed E-state index contributed by atoms with van der Waals surface area (Å²) in [7, 11) is 0. The molecule has 0 N–H and O–H groups in total. The molecule has 0 aliphatic heterocycles. The molecule has 2 rings (SSSR count). The minimum atomic E-state index is -0.864. The van der Waals surface area contributed by atoms with Crippen LogP contribution in [0.25, 0.3) is 0 Å². The molecule has 1 unspecified atom stereocenters. The topological polar surface area (TPSA) is 69.4 Å². The van der Waals surface area contributed by atoms with E-state index in [0.717, 1.165) is 11.3 Å². The van der Waals surface area contributed by atoms with Crippen LogP contribution in [0.5, 0.6) is 5.75 Å². The quantitative estimate of drug-likeness (QED) is 0.421. The monoisotopic (exact) mass is 389 g/mol. The zero-order valence-electron chi connectivity index (χ0n) is 10.7. The number of hydrogen-bond acceptors (Lipinski definition) is 5. The highest BCUT2D eigenvalue weighted by molar-refractivity contribution is 9.10. The normalized spacial score (nSPS) is 12.0. The Morgan fingerprint density at radius 3 is 2.71 bits per heavy atom. The van der Waals surface area contributed by atoms with Gasteiger partial charge in [0, 0.05) is 6.07 Å². The molecular weight excluding hydrogens is 382 g/mol. The molecule has 8 heteroatoms. The van der Waals surface area contributed by atoms with Gasteiger partial charge in [0.2, 0.25) is 11.5 Å². The van der Waals surface area contributed by atoms with Gasteiger partial charge in [0.25, 0.3) is 0 Å². The smallest absolute Gasteiger partial charge is 0.312 e. The van der Waals surface area contributed by atoms with Crippen molar-refractivity contribution in [3.8, 4) is 5.75 Å². The average molecular weight is 391 g/mol. The van der Waals surface area contributed by atoms with E-state index >= 15 is 0 Å². The highest BCUT2D eigenvalue weighted by Crippen LogP contribution is 2.36. The van der Waals surface area contributed by atoms with Gasteiger partial charge in [-0.1, -0.05) is 17.7 Å². The van der Waals surface area contributed by atoms with Gasteiger partial charge < -0.3 is 4.74 Å². The third-order valence-corrected chi connectivity index (χ3v) is 4.49. The van der Waals surface area contributed by atoms with E-state index in [1.807, 2.05) is 0 Å². The molecule has 5 nitrogen and oxygen atoms in total. The number of thiophene rings is 1. The van der Waals surface area contributed by atoms with Gasteiger partial charge in [-0.05, 0) is 41.1 Å². The molecule has 21 heavy (non-hydrogen) atoms. The van der Waals surface area contributed by atoms with Crippen LogP contribution in [0.2, 0.25) is 4.34 Å². The number of ether oxygens (including phenoxy) is 1. The van der Waals surface area contributed by atoms with Gasteiger partial charge in [0.05, 0.1) is 18.6 Å². The standard InChI is InChI=1S/C13H9BrClNO4S/c1-7(12(17)10-5-6-11(15)21-10)20-13-8(14)3-2-4-9(13)16(18)19/h2-7H,1H3. The minimum absolute atomic E-state index is 0.0333. The SMILES string of the molecule is CC(Oc1c(Br)cccc1[N+](=O)[O-])C(=O)c1ccc(Cl)s1. The molecule has 0 bridgehead atoms. The molecule has 1 heterocycles. The molecule has 0 aliphatic carbocycles. The van der Waals surface area contributed by atoms with Crippen molar-refractivity contribution in [2.75, 3.05) is 0 Å². The van der Waals surface area contributed by atoms with Crippen LogP contribution in [-0.4, -0.2) is 16.8 Å². The number of nitrogens with zero attached hydrogens (tertiary/aromatic N) is 1. The van der Waals surface area contributed by atoms with Crippen LogP contribution in [0.3, 0.4) is 0 Å². The maximum Gasteiger partial charge on any atom is 0.312 e. The highest BCUT2D eigenvalue weighted by atomic mass is 79.9. The van der Waals surface area contributed by atoms with Crippen molar-refractivity contribution in [3.05, 3.63) is 54.1 Å². The van der Waals surface area contributed by atoms with Crippen molar-refractivity contribution in [2.45, 2.75) is 13.0 Å². The van der Waals surface area contributed by atoms with E-state index in [9.17, 15) is 14.9 Å². The molecule has 0 saturated heterocycles. The van der Waals surface area contributed by atoms with Crippen LogP contribution in [-0.2, 0) is 0 Å². The molecule has 0 radical (unpaired) electrons. The Hall–Kier alpha value is -1.44. The van der Waals surface area contributed by atoms with E-state index in [4.69, 9.17) is 16.3 Å². The number of benzene rings is 1. The van der Waals surface area contributed by atoms with Gasteiger partial charge in [-0.2, -0.15) is 0 Å². The van der Waals surface area contributed by atoms with Gasteiger partial charge in [-0.3, -0.25) is 14.9 Å². The van der Waals surface area contributed by atoms with Gasteiger partial charge in [0.15, 0.2) is 6.10 Å². The number of rotatable bonds is 5. The second kappa shape index (κ2) is 6.55. The molecule has 1 aromatic heterocycles. The van der Waals surface area contributed by atoms with E-state index in [1.165, 1.54) is 12.1 Å². The summed E-state index contributed by atoms with van der Waals surface area (Å²) in [6, 6.07) is 7.68. The number of carbonyl (C=O) groups is 1. The predicted octanol–water partition coefficient (Wildman–Crippen LogP) is 4.72. The van der Waals surface area contributed by atoms with Crippen LogP contribution in [0.1, 0.15) is 16.6 Å². The Labute approximate surface area is 137 Å². The van der Waals surface area contributed by atoms with Crippen LogP contribution in [0.4, 0.5) is 5.69 Å². The van der Waals surface area contributed by atoms with Crippen molar-refractivity contribution in [1.82, 2.24) is 0 Å². The lowest BCUT2D eigenvalue weighted by atomic mass is 10.2. The summed E-state index contributed by atoms with van der Waals surface area (Å²) in [4.78, 5) is 23.1. The number of ketones is 1. The summed E-state index contributed by atoms with van der Waals surface area (Å²) in [6.45, 7) is 1.54. The fraction of sp³-hybridized carbons (Fsp3) is 0.154. The van der Waals surface area contributed by atoms with Crippen LogP contribution >= 0.6 is 38.9 Å². The second-order valence-corrected chi connectivity index (χ2v) is 6.64. The van der Waals surface area contributed by atoms with Crippen molar-refractivity contribution in [2.24, 2.45) is 0 Å². The first kappa shape index (κ1) is 15.9. The number of Topliss-reactive ketones (excluding diaryl/α,β-unsaturated/α-hetero) is 1. The summed E-state index contributed by atoms with van der Waals surface area (Å²) in [5.41, 5.74) is -0.201. The molecule has 0 amide bonds. The number of nitro groups is 1. The molecular formula is C13H9BrClNO4S. The first-order valence-corrected chi connectivity index (χ1v) is 7.78. The van der Waals surface area contributed by atoms with Crippen molar-refractivity contribution in [1.29, 1.82) is 0 Å². The number of para-hydroxylation sites is 1. The van der Waals surface area contributed by atoms with Gasteiger partial charge in [-0.25, -0.2) is 0 Å². The molecule has 0 aliphatic rings. The molecule has 110 valence electrons. The Bertz CT molecular complexity index is 703. The van der Waals surface area contributed by atoms with Gasteiger partial charge in [0.1, 0.15) is 0 Å². The number of carbonyl (C=O) groups excluding carboxylic acids is 1. The van der Waals surface area contributed by atoms with E-state index in [-0.39, 0.29) is 17.2 Å². The lowest BCUT2D eigenvalue weighted by Crippen LogP contribution is -2.23. The number of halogens is 2. The molecule has 1 atom stereocenters. The molecule has 0 spiro atoms. The number of hydrogen-bond donors (Lipinski definition) is 0. The Balaban J connectivity index is 2.26. The van der Waals surface area contributed by atoms with Gasteiger partial charge >= 0.3 is 5.69 Å². The summed E-state index contributed by atoms with van der Waals surface area (Å²) in [6.07, 6.45) is -0.864. The van der Waals surface area contributed by atoms with Crippen molar-refractivity contribution in [3.63, 3.8) is 0 Å². The lowest BCUT2D eigenvalue weighted by Gasteiger charge is -2.14. The van der Waals surface area contributed by atoms with Crippen LogP contribution in [0.15, 0.2) is 34.8 Å². The van der Waals surface area contributed by atoms with Crippen molar-refractivity contribution >= 4 is 50.3 Å². The maximum absolute atomic E-state index is 12.2. The highest BCUT2D eigenvalue weighted by Gasteiger charge is 2.24. The first-order valence-electron chi connectivity index (χ1n) is 5.79. The van der Waals surface area contributed by atoms with E-state index in [2.05, 4.69) is 15.9 Å². The zero-order chi connectivity index (χ0) is 15.6. The predicted molar refractivity (Wildman–Crippen MR) is 84.5 cm³/mol. The lowest BCUT2D eigenvalue weighted by molar-refractivity contribution is -0.386.